The van der Waals surface area contributed by atoms with Gasteiger partial charge < -0.3 is 15.4 Å². The number of hydrogen-bond acceptors (Lipinski definition) is 4. The van der Waals surface area contributed by atoms with Crippen molar-refractivity contribution >= 4 is 39.3 Å². The minimum absolute atomic E-state index is 0.395. The monoisotopic (exact) mass is 377 g/mol. The predicted octanol–water partition coefficient (Wildman–Crippen LogP) is 4.13. The topological polar surface area (TPSA) is 63.2 Å². The van der Waals surface area contributed by atoms with Crippen LogP contribution in [-0.2, 0) is 4.74 Å². The minimum Gasteiger partial charge on any atom is -0.444 e. The molecule has 0 unspecified atom stereocenters. The van der Waals surface area contributed by atoms with E-state index in [1.807, 2.05) is 27.7 Å². The number of nitrogens with zero attached hydrogens (tertiary/aromatic N) is 1. The van der Waals surface area contributed by atoms with Gasteiger partial charge in [-0.3, -0.25) is 0 Å². The van der Waals surface area contributed by atoms with E-state index in [4.69, 9.17) is 16.3 Å². The lowest BCUT2D eigenvalue weighted by molar-refractivity contribution is 0.0528. The lowest BCUT2D eigenvalue weighted by Crippen LogP contribution is -2.33. The van der Waals surface area contributed by atoms with Crippen LogP contribution in [0.1, 0.15) is 32.8 Å². The first-order chi connectivity index (χ1) is 9.69. The van der Waals surface area contributed by atoms with E-state index in [0.29, 0.717) is 22.8 Å². The number of halogens is 2. The van der Waals surface area contributed by atoms with E-state index in [-0.39, 0.29) is 0 Å². The molecular formula is C14H21BrClN3O2. The van der Waals surface area contributed by atoms with Gasteiger partial charge in [0.25, 0.3) is 0 Å². The van der Waals surface area contributed by atoms with Crippen molar-refractivity contribution in [1.82, 2.24) is 10.3 Å². The molecule has 1 aromatic rings. The molecule has 0 saturated carbocycles. The minimum atomic E-state index is -0.473. The molecule has 0 saturated heterocycles. The summed E-state index contributed by atoms with van der Waals surface area (Å²) in [6.07, 6.45) is 0.376. The molecule has 21 heavy (non-hydrogen) atoms. The molecule has 1 rings (SSSR count). The molecule has 118 valence electrons. The number of amides is 1. The number of carbonyl (C=O) groups is 1. The van der Waals surface area contributed by atoms with Crippen molar-refractivity contribution in [1.29, 1.82) is 0 Å². The van der Waals surface area contributed by atoms with Gasteiger partial charge in [0.1, 0.15) is 15.4 Å². The fourth-order valence-corrected chi connectivity index (χ4v) is 2.61. The highest BCUT2D eigenvalue weighted by Gasteiger charge is 2.15. The number of aryl methyl sites for hydroxylation is 1. The average Bonchev–Trinajstić information content (AvgIpc) is 2.29. The first-order valence-corrected chi connectivity index (χ1v) is 7.89. The van der Waals surface area contributed by atoms with E-state index < -0.39 is 11.7 Å². The Bertz CT molecular complexity index is 480. The van der Waals surface area contributed by atoms with Crippen molar-refractivity contribution in [2.45, 2.75) is 39.7 Å². The highest BCUT2D eigenvalue weighted by Crippen LogP contribution is 2.26. The standard InChI is InChI=1S/C14H21BrClN3O2/c1-9-8-10(16)19-12(15)11(9)17-6-5-7-18-13(20)21-14(2,3)4/h8,17H,5-7H2,1-4H3,(H,18,20). The summed E-state index contributed by atoms with van der Waals surface area (Å²) in [5, 5.41) is 6.44. The zero-order chi connectivity index (χ0) is 16.0. The van der Waals surface area contributed by atoms with E-state index in [9.17, 15) is 4.79 Å². The molecule has 1 aromatic heterocycles. The van der Waals surface area contributed by atoms with Crippen LogP contribution in [0.5, 0.6) is 0 Å². The number of carbonyl (C=O) groups excluding carboxylic acids is 1. The molecule has 5 nitrogen and oxygen atoms in total. The zero-order valence-corrected chi connectivity index (χ0v) is 15.1. The maximum atomic E-state index is 11.5. The maximum Gasteiger partial charge on any atom is 0.407 e. The van der Waals surface area contributed by atoms with Crippen molar-refractivity contribution in [2.75, 3.05) is 18.4 Å². The highest BCUT2D eigenvalue weighted by atomic mass is 79.9. The summed E-state index contributed by atoms with van der Waals surface area (Å²) in [4.78, 5) is 15.6. The first kappa shape index (κ1) is 18.0. The molecule has 0 spiro atoms. The van der Waals surface area contributed by atoms with Crippen LogP contribution in [0.2, 0.25) is 5.15 Å². The van der Waals surface area contributed by atoms with Gasteiger partial charge in [-0.1, -0.05) is 11.6 Å². The second kappa shape index (κ2) is 7.84. The number of nitrogens with one attached hydrogen (secondary N) is 2. The number of anilines is 1. The van der Waals surface area contributed by atoms with E-state index in [1.165, 1.54) is 0 Å². The van der Waals surface area contributed by atoms with Crippen LogP contribution in [0.4, 0.5) is 10.5 Å². The number of alkyl carbamates (subject to hydrolysis) is 1. The Balaban J connectivity index is 2.31. The van der Waals surface area contributed by atoms with Crippen molar-refractivity contribution < 1.29 is 9.53 Å². The highest BCUT2D eigenvalue weighted by molar-refractivity contribution is 9.10. The molecule has 1 heterocycles. The van der Waals surface area contributed by atoms with Crippen LogP contribution in [0, 0.1) is 6.92 Å². The van der Waals surface area contributed by atoms with Gasteiger partial charge in [0.15, 0.2) is 0 Å². The van der Waals surface area contributed by atoms with Crippen molar-refractivity contribution in [2.24, 2.45) is 0 Å². The molecule has 0 aliphatic heterocycles. The molecule has 7 heteroatoms. The molecule has 0 aliphatic rings. The van der Waals surface area contributed by atoms with Gasteiger partial charge in [-0.05, 0) is 61.7 Å². The van der Waals surface area contributed by atoms with Gasteiger partial charge in [0.05, 0.1) is 5.69 Å². The second-order valence-corrected chi connectivity index (χ2v) is 6.78. The Hall–Kier alpha value is -1.01. The number of aromatic nitrogens is 1. The molecule has 0 atom stereocenters. The number of hydrogen-bond donors (Lipinski definition) is 2. The summed E-state index contributed by atoms with van der Waals surface area (Å²) >= 11 is 9.24. The van der Waals surface area contributed by atoms with Gasteiger partial charge in [-0.15, -0.1) is 0 Å². The quantitative estimate of drug-likeness (QED) is 0.597. The summed E-state index contributed by atoms with van der Waals surface area (Å²) in [5.74, 6) is 0. The fourth-order valence-electron chi connectivity index (χ4n) is 1.61. The molecule has 0 aromatic carbocycles. The summed E-state index contributed by atoms with van der Waals surface area (Å²) in [7, 11) is 0. The third kappa shape index (κ3) is 7.00. The van der Waals surface area contributed by atoms with Crippen LogP contribution in [-0.4, -0.2) is 29.8 Å². The van der Waals surface area contributed by atoms with Gasteiger partial charge in [-0.2, -0.15) is 0 Å². The lowest BCUT2D eigenvalue weighted by Gasteiger charge is -2.19. The molecule has 1 amide bonds. The maximum absolute atomic E-state index is 11.5. The fraction of sp³-hybridized carbons (Fsp3) is 0.571. The Morgan fingerprint density at radius 3 is 2.67 bits per heavy atom. The lowest BCUT2D eigenvalue weighted by atomic mass is 10.2. The Labute approximate surface area is 138 Å². The van der Waals surface area contributed by atoms with Crippen molar-refractivity contribution in [3.05, 3.63) is 21.4 Å². The SMILES string of the molecule is Cc1cc(Cl)nc(Br)c1NCCCNC(=O)OC(C)(C)C. The second-order valence-electron chi connectivity index (χ2n) is 5.64. The third-order valence-electron chi connectivity index (χ3n) is 2.46. The summed E-state index contributed by atoms with van der Waals surface area (Å²) in [6.45, 7) is 8.71. The van der Waals surface area contributed by atoms with Gasteiger partial charge in [-0.25, -0.2) is 9.78 Å². The van der Waals surface area contributed by atoms with Crippen molar-refractivity contribution in [3.8, 4) is 0 Å². The van der Waals surface area contributed by atoms with Crippen molar-refractivity contribution in [3.63, 3.8) is 0 Å². The zero-order valence-electron chi connectivity index (χ0n) is 12.7. The van der Waals surface area contributed by atoms with Crippen LogP contribution < -0.4 is 10.6 Å². The molecule has 2 N–H and O–H groups in total. The van der Waals surface area contributed by atoms with Gasteiger partial charge >= 0.3 is 6.09 Å². The normalized spacial score (nSPS) is 11.1. The first-order valence-electron chi connectivity index (χ1n) is 6.72. The van der Waals surface area contributed by atoms with Crippen LogP contribution >= 0.6 is 27.5 Å². The number of rotatable bonds is 5. The van der Waals surface area contributed by atoms with E-state index in [0.717, 1.165) is 17.7 Å². The van der Waals surface area contributed by atoms with Crippen LogP contribution in [0.15, 0.2) is 10.7 Å². The Kier molecular flexibility index (Phi) is 6.74. The van der Waals surface area contributed by atoms with E-state index in [2.05, 4.69) is 31.5 Å². The third-order valence-corrected chi connectivity index (χ3v) is 3.23. The summed E-state index contributed by atoms with van der Waals surface area (Å²) < 4.78 is 5.84. The van der Waals surface area contributed by atoms with Gasteiger partial charge in [0.2, 0.25) is 0 Å². The number of ether oxygens (including phenoxy) is 1. The van der Waals surface area contributed by atoms with E-state index >= 15 is 0 Å². The van der Waals surface area contributed by atoms with Crippen LogP contribution in [0.3, 0.4) is 0 Å². The Morgan fingerprint density at radius 1 is 1.43 bits per heavy atom. The molecular weight excluding hydrogens is 358 g/mol. The Morgan fingerprint density at radius 2 is 2.10 bits per heavy atom. The number of pyridine rings is 1. The molecule has 0 radical (unpaired) electrons. The summed E-state index contributed by atoms with van der Waals surface area (Å²) in [6, 6.07) is 1.80. The molecule has 0 aliphatic carbocycles. The molecule has 0 fully saturated rings. The summed E-state index contributed by atoms with van der Waals surface area (Å²) in [5.41, 5.74) is 1.46. The van der Waals surface area contributed by atoms with Gasteiger partial charge in [0, 0.05) is 13.1 Å². The van der Waals surface area contributed by atoms with E-state index in [1.54, 1.807) is 6.07 Å². The molecule has 0 bridgehead atoms. The smallest absolute Gasteiger partial charge is 0.407 e. The average molecular weight is 379 g/mol. The van der Waals surface area contributed by atoms with Crippen LogP contribution in [0.25, 0.3) is 0 Å². The predicted molar refractivity (Wildman–Crippen MR) is 89.0 cm³/mol. The largest absolute Gasteiger partial charge is 0.444 e.